The molecule has 0 atom stereocenters. The van der Waals surface area contributed by atoms with E-state index in [0.717, 1.165) is 5.56 Å². The van der Waals surface area contributed by atoms with E-state index in [1.165, 1.54) is 4.57 Å². The van der Waals surface area contributed by atoms with Crippen molar-refractivity contribution in [3.8, 4) is 0 Å². The number of benzene rings is 1. The molecule has 2 heterocycles. The fraction of sp³-hybridized carbons (Fsp3) is 0.133. The first kappa shape index (κ1) is 13.1. The van der Waals surface area contributed by atoms with Crippen LogP contribution in [0, 0.1) is 6.92 Å². The highest BCUT2D eigenvalue weighted by atomic mass is 16.4. The average Bonchev–Trinajstić information content (AvgIpc) is 2.78. The van der Waals surface area contributed by atoms with Crippen molar-refractivity contribution in [1.82, 2.24) is 9.55 Å². The summed E-state index contributed by atoms with van der Waals surface area (Å²) in [4.78, 5) is 27.8. The molecule has 3 aromatic rings. The van der Waals surface area contributed by atoms with Crippen molar-refractivity contribution in [1.29, 1.82) is 0 Å². The summed E-state index contributed by atoms with van der Waals surface area (Å²) in [6, 6.07) is 10.7. The first-order chi connectivity index (χ1) is 10.1. The van der Waals surface area contributed by atoms with Crippen LogP contribution in [0.25, 0.3) is 11.2 Å². The van der Waals surface area contributed by atoms with Gasteiger partial charge >= 0.3 is 5.76 Å². The number of carbonyl (C=O) groups excluding carboxylic acids is 1. The molecule has 0 unspecified atom stereocenters. The molecule has 0 aliphatic rings. The van der Waals surface area contributed by atoms with E-state index in [0.29, 0.717) is 16.9 Å². The molecule has 0 aliphatic heterocycles. The maximum Gasteiger partial charge on any atom is 0.421 e. The van der Waals surface area contributed by atoms with E-state index >= 15 is 0 Å². The molecule has 0 saturated carbocycles. The Morgan fingerprint density at radius 3 is 2.81 bits per heavy atom. The summed E-state index contributed by atoms with van der Waals surface area (Å²) in [5, 5.41) is 2.73. The molecule has 3 rings (SSSR count). The van der Waals surface area contributed by atoms with Crippen LogP contribution in [0.3, 0.4) is 0 Å². The van der Waals surface area contributed by atoms with Crippen LogP contribution in [0.4, 0.5) is 5.69 Å². The van der Waals surface area contributed by atoms with Crippen molar-refractivity contribution in [2.75, 3.05) is 5.32 Å². The highest BCUT2D eigenvalue weighted by Gasteiger charge is 2.13. The molecule has 0 radical (unpaired) electrons. The van der Waals surface area contributed by atoms with Gasteiger partial charge in [-0.1, -0.05) is 17.7 Å². The van der Waals surface area contributed by atoms with Gasteiger partial charge in [-0.15, -0.1) is 0 Å². The molecule has 1 aromatic carbocycles. The Balaban J connectivity index is 1.82. The molecule has 0 spiro atoms. The molecule has 0 aliphatic carbocycles. The lowest BCUT2D eigenvalue weighted by Crippen LogP contribution is -2.25. The Hall–Kier alpha value is -2.89. The van der Waals surface area contributed by atoms with E-state index in [1.54, 1.807) is 18.3 Å². The summed E-state index contributed by atoms with van der Waals surface area (Å²) in [6.45, 7) is 1.82. The maximum atomic E-state index is 12.0. The van der Waals surface area contributed by atoms with Crippen LogP contribution in [0.5, 0.6) is 0 Å². The maximum absolute atomic E-state index is 12.0. The third-order valence-electron chi connectivity index (χ3n) is 3.06. The van der Waals surface area contributed by atoms with Crippen molar-refractivity contribution < 1.29 is 9.21 Å². The van der Waals surface area contributed by atoms with E-state index in [9.17, 15) is 9.59 Å². The Labute approximate surface area is 120 Å². The number of aromatic nitrogens is 2. The van der Waals surface area contributed by atoms with Gasteiger partial charge in [0.2, 0.25) is 5.91 Å². The number of rotatable bonds is 3. The zero-order valence-corrected chi connectivity index (χ0v) is 11.4. The predicted molar refractivity (Wildman–Crippen MR) is 78.1 cm³/mol. The van der Waals surface area contributed by atoms with E-state index in [4.69, 9.17) is 4.42 Å². The number of nitrogens with one attached hydrogen (secondary N) is 1. The molecular weight excluding hydrogens is 270 g/mol. The lowest BCUT2D eigenvalue weighted by molar-refractivity contribution is -0.116. The van der Waals surface area contributed by atoms with Gasteiger partial charge in [-0.3, -0.25) is 4.79 Å². The van der Waals surface area contributed by atoms with E-state index in [1.807, 2.05) is 31.2 Å². The number of carbonyl (C=O) groups is 1. The standard InChI is InChI=1S/C15H13N3O3/c1-10-4-6-11(7-5-10)17-13(19)9-18-14-12(21-15(18)20)3-2-8-16-14/h2-8H,9H2,1H3,(H,17,19). The quantitative estimate of drug-likeness (QED) is 0.796. The number of pyridine rings is 1. The number of oxazole rings is 1. The van der Waals surface area contributed by atoms with Gasteiger partial charge in [0.15, 0.2) is 11.2 Å². The number of amides is 1. The Morgan fingerprint density at radius 2 is 2.05 bits per heavy atom. The first-order valence-electron chi connectivity index (χ1n) is 6.44. The van der Waals surface area contributed by atoms with Crippen LogP contribution < -0.4 is 11.1 Å². The van der Waals surface area contributed by atoms with Crippen LogP contribution in [0.2, 0.25) is 0 Å². The lowest BCUT2D eigenvalue weighted by atomic mass is 10.2. The smallest absolute Gasteiger partial charge is 0.406 e. The van der Waals surface area contributed by atoms with E-state index in [-0.39, 0.29) is 12.5 Å². The van der Waals surface area contributed by atoms with Crippen molar-refractivity contribution in [2.45, 2.75) is 13.5 Å². The van der Waals surface area contributed by atoms with Crippen molar-refractivity contribution in [3.63, 3.8) is 0 Å². The lowest BCUT2D eigenvalue weighted by Gasteiger charge is -2.05. The van der Waals surface area contributed by atoms with Crippen LogP contribution in [0.15, 0.2) is 51.8 Å². The second kappa shape index (κ2) is 5.24. The highest BCUT2D eigenvalue weighted by Crippen LogP contribution is 2.10. The van der Waals surface area contributed by atoms with Crippen molar-refractivity contribution >= 4 is 22.8 Å². The Bertz CT molecular complexity index is 846. The normalized spacial score (nSPS) is 10.7. The highest BCUT2D eigenvalue weighted by molar-refractivity contribution is 5.91. The molecule has 0 saturated heterocycles. The summed E-state index contributed by atoms with van der Waals surface area (Å²) >= 11 is 0. The minimum absolute atomic E-state index is 0.142. The van der Waals surface area contributed by atoms with Gasteiger partial charge in [0.1, 0.15) is 6.54 Å². The molecule has 0 bridgehead atoms. The van der Waals surface area contributed by atoms with E-state index in [2.05, 4.69) is 10.3 Å². The van der Waals surface area contributed by atoms with Crippen molar-refractivity contribution in [3.05, 3.63) is 58.7 Å². The fourth-order valence-electron chi connectivity index (χ4n) is 2.02. The number of aryl methyl sites for hydroxylation is 1. The monoisotopic (exact) mass is 283 g/mol. The second-order valence-electron chi connectivity index (χ2n) is 4.69. The summed E-state index contributed by atoms with van der Waals surface area (Å²) in [7, 11) is 0. The van der Waals surface area contributed by atoms with Gasteiger partial charge in [-0.2, -0.15) is 0 Å². The summed E-state index contributed by atoms with van der Waals surface area (Å²) in [6.07, 6.45) is 1.55. The van der Waals surface area contributed by atoms with E-state index < -0.39 is 5.76 Å². The molecule has 6 nitrogen and oxygen atoms in total. The van der Waals surface area contributed by atoms with Gasteiger partial charge in [-0.25, -0.2) is 14.3 Å². The Morgan fingerprint density at radius 1 is 1.29 bits per heavy atom. The SMILES string of the molecule is Cc1ccc(NC(=O)Cn2c(=O)oc3cccnc32)cc1. The molecule has 106 valence electrons. The summed E-state index contributed by atoms with van der Waals surface area (Å²) < 4.78 is 6.24. The average molecular weight is 283 g/mol. The third kappa shape index (κ3) is 2.69. The van der Waals surface area contributed by atoms with Gasteiger partial charge in [0.25, 0.3) is 0 Å². The number of hydrogen-bond donors (Lipinski definition) is 1. The zero-order valence-electron chi connectivity index (χ0n) is 11.4. The van der Waals surface area contributed by atoms with Crippen LogP contribution in [-0.2, 0) is 11.3 Å². The molecule has 1 amide bonds. The molecule has 0 fully saturated rings. The van der Waals surface area contributed by atoms with Crippen molar-refractivity contribution in [2.24, 2.45) is 0 Å². The first-order valence-corrected chi connectivity index (χ1v) is 6.44. The molecular formula is C15H13N3O3. The number of hydrogen-bond acceptors (Lipinski definition) is 4. The topological polar surface area (TPSA) is 77.1 Å². The minimum atomic E-state index is -0.595. The van der Waals surface area contributed by atoms with Crippen LogP contribution >= 0.6 is 0 Å². The van der Waals surface area contributed by atoms with Gasteiger partial charge in [-0.05, 0) is 31.2 Å². The second-order valence-corrected chi connectivity index (χ2v) is 4.69. The van der Waals surface area contributed by atoms with Crippen LogP contribution in [-0.4, -0.2) is 15.5 Å². The predicted octanol–water partition coefficient (Wildman–Crippen LogP) is 1.94. The third-order valence-corrected chi connectivity index (χ3v) is 3.06. The molecule has 1 N–H and O–H groups in total. The number of nitrogens with zero attached hydrogens (tertiary/aromatic N) is 2. The minimum Gasteiger partial charge on any atom is -0.406 e. The van der Waals surface area contributed by atoms with Gasteiger partial charge in [0.05, 0.1) is 0 Å². The molecule has 6 heteroatoms. The Kier molecular flexibility index (Phi) is 3.27. The van der Waals surface area contributed by atoms with Gasteiger partial charge in [0, 0.05) is 11.9 Å². The summed E-state index contributed by atoms with van der Waals surface area (Å²) in [5.41, 5.74) is 2.51. The molecule has 2 aromatic heterocycles. The zero-order chi connectivity index (χ0) is 14.8. The largest absolute Gasteiger partial charge is 0.421 e. The molecule has 21 heavy (non-hydrogen) atoms. The fourth-order valence-corrected chi connectivity index (χ4v) is 2.02. The number of fused-ring (bicyclic) bond motifs is 1. The number of anilines is 1. The van der Waals surface area contributed by atoms with Gasteiger partial charge < -0.3 is 9.73 Å². The summed E-state index contributed by atoms with van der Waals surface area (Å²) in [5.74, 6) is -0.905. The van der Waals surface area contributed by atoms with Crippen LogP contribution in [0.1, 0.15) is 5.56 Å².